The molecular weight excluding hydrogens is 349 g/mol. The fraction of sp³-hybridized carbons (Fsp3) is 0.188. The second kappa shape index (κ2) is 7.07. The molecule has 0 aliphatic carbocycles. The molecule has 2 aromatic heterocycles. The van der Waals surface area contributed by atoms with Crippen LogP contribution in [0.4, 0.5) is 5.69 Å². The first kappa shape index (κ1) is 16.5. The summed E-state index contributed by atoms with van der Waals surface area (Å²) in [4.78, 5) is 12.0. The first-order valence-electron chi connectivity index (χ1n) is 7.26. The lowest BCUT2D eigenvalue weighted by Gasteiger charge is -2.06. The van der Waals surface area contributed by atoms with E-state index >= 15 is 0 Å². The minimum absolute atomic E-state index is 0.148. The number of aryl methyl sites for hydroxylation is 1. The Kier molecular flexibility index (Phi) is 4.87. The van der Waals surface area contributed by atoms with Crippen molar-refractivity contribution in [3.63, 3.8) is 0 Å². The fourth-order valence-electron chi connectivity index (χ4n) is 2.26. The van der Waals surface area contributed by atoms with E-state index in [2.05, 4.69) is 15.5 Å². The standard InChI is InChI=1S/C16H15Cl2N5O/c1-11-5-6-22(21-11)10-16(24)20-12-7-19-23(8-12)9-13-14(17)3-2-4-15(13)18/h2-8H,9-10H2,1H3,(H,20,24). The molecule has 2 heterocycles. The average Bonchev–Trinajstić information content (AvgIpc) is 3.12. The maximum atomic E-state index is 12.0. The van der Waals surface area contributed by atoms with Crippen molar-refractivity contribution in [1.82, 2.24) is 19.6 Å². The Balaban J connectivity index is 1.64. The predicted octanol–water partition coefficient (Wildman–Crippen LogP) is 3.38. The summed E-state index contributed by atoms with van der Waals surface area (Å²) < 4.78 is 3.25. The van der Waals surface area contributed by atoms with Gasteiger partial charge in [0.2, 0.25) is 5.91 Å². The van der Waals surface area contributed by atoms with Crippen LogP contribution in [0.15, 0.2) is 42.9 Å². The summed E-state index contributed by atoms with van der Waals surface area (Å²) in [5.74, 6) is -0.173. The zero-order chi connectivity index (χ0) is 17.1. The van der Waals surface area contributed by atoms with Gasteiger partial charge in [-0.1, -0.05) is 29.3 Å². The molecule has 3 aromatic rings. The van der Waals surface area contributed by atoms with Gasteiger partial charge in [0.25, 0.3) is 0 Å². The fourth-order valence-corrected chi connectivity index (χ4v) is 2.78. The maximum absolute atomic E-state index is 12.0. The number of carbonyl (C=O) groups is 1. The number of amides is 1. The highest BCUT2D eigenvalue weighted by Crippen LogP contribution is 2.25. The average molecular weight is 364 g/mol. The van der Waals surface area contributed by atoms with Crippen LogP contribution in [0.5, 0.6) is 0 Å². The van der Waals surface area contributed by atoms with Gasteiger partial charge in [0.1, 0.15) is 6.54 Å². The van der Waals surface area contributed by atoms with E-state index in [0.29, 0.717) is 22.3 Å². The zero-order valence-corrected chi connectivity index (χ0v) is 14.4. The van der Waals surface area contributed by atoms with Crippen molar-refractivity contribution in [3.8, 4) is 0 Å². The lowest BCUT2D eigenvalue weighted by Crippen LogP contribution is -2.18. The number of halogens is 2. The third kappa shape index (κ3) is 3.96. The number of benzene rings is 1. The van der Waals surface area contributed by atoms with Gasteiger partial charge in [-0.05, 0) is 25.1 Å². The van der Waals surface area contributed by atoms with Gasteiger partial charge < -0.3 is 5.32 Å². The Hall–Kier alpha value is -2.31. The number of rotatable bonds is 5. The first-order chi connectivity index (χ1) is 11.5. The number of nitrogens with one attached hydrogen (secondary N) is 1. The van der Waals surface area contributed by atoms with Crippen molar-refractivity contribution in [3.05, 3.63) is 64.2 Å². The van der Waals surface area contributed by atoms with E-state index in [9.17, 15) is 4.79 Å². The molecule has 0 fully saturated rings. The van der Waals surface area contributed by atoms with Gasteiger partial charge in [0.15, 0.2) is 0 Å². The van der Waals surface area contributed by atoms with E-state index in [4.69, 9.17) is 23.2 Å². The molecule has 1 amide bonds. The van der Waals surface area contributed by atoms with Crippen LogP contribution in [-0.4, -0.2) is 25.5 Å². The largest absolute Gasteiger partial charge is 0.322 e. The van der Waals surface area contributed by atoms with Crippen molar-refractivity contribution in [2.24, 2.45) is 0 Å². The van der Waals surface area contributed by atoms with Crippen LogP contribution in [0.3, 0.4) is 0 Å². The van der Waals surface area contributed by atoms with Gasteiger partial charge >= 0.3 is 0 Å². The van der Waals surface area contributed by atoms with Crippen LogP contribution in [0.2, 0.25) is 10.0 Å². The minimum atomic E-state index is -0.173. The normalized spacial score (nSPS) is 10.8. The zero-order valence-electron chi connectivity index (χ0n) is 12.9. The smallest absolute Gasteiger partial charge is 0.246 e. The molecule has 0 saturated heterocycles. The molecule has 8 heteroatoms. The summed E-state index contributed by atoms with van der Waals surface area (Å²) >= 11 is 12.3. The number of hydrogen-bond donors (Lipinski definition) is 1. The Morgan fingerprint density at radius 1 is 1.21 bits per heavy atom. The number of hydrogen-bond acceptors (Lipinski definition) is 3. The molecule has 0 saturated carbocycles. The summed E-state index contributed by atoms with van der Waals surface area (Å²) in [6, 6.07) is 7.20. The SMILES string of the molecule is Cc1ccn(CC(=O)Nc2cnn(Cc3c(Cl)cccc3Cl)c2)n1. The van der Waals surface area contributed by atoms with Gasteiger partial charge in [0.05, 0.1) is 24.1 Å². The quantitative estimate of drug-likeness (QED) is 0.755. The molecule has 0 atom stereocenters. The summed E-state index contributed by atoms with van der Waals surface area (Å²) in [6.45, 7) is 2.44. The van der Waals surface area contributed by atoms with Crippen LogP contribution in [0.1, 0.15) is 11.3 Å². The van der Waals surface area contributed by atoms with Crippen molar-refractivity contribution >= 4 is 34.8 Å². The van der Waals surface area contributed by atoms with Crippen LogP contribution < -0.4 is 5.32 Å². The van der Waals surface area contributed by atoms with E-state index in [-0.39, 0.29) is 12.5 Å². The molecule has 0 radical (unpaired) electrons. The molecule has 3 rings (SSSR count). The molecule has 0 spiro atoms. The number of nitrogens with zero attached hydrogens (tertiary/aromatic N) is 4. The van der Waals surface area contributed by atoms with Crippen molar-refractivity contribution in [2.45, 2.75) is 20.0 Å². The van der Waals surface area contributed by atoms with Gasteiger partial charge in [-0.2, -0.15) is 10.2 Å². The molecular formula is C16H15Cl2N5O. The van der Waals surface area contributed by atoms with E-state index in [0.717, 1.165) is 11.3 Å². The molecule has 1 aromatic carbocycles. The van der Waals surface area contributed by atoms with E-state index in [1.54, 1.807) is 46.2 Å². The Morgan fingerprint density at radius 3 is 2.62 bits per heavy atom. The van der Waals surface area contributed by atoms with Crippen LogP contribution in [-0.2, 0) is 17.9 Å². The highest BCUT2D eigenvalue weighted by atomic mass is 35.5. The lowest BCUT2D eigenvalue weighted by molar-refractivity contribution is -0.116. The molecule has 1 N–H and O–H groups in total. The molecule has 0 aliphatic heterocycles. The summed E-state index contributed by atoms with van der Waals surface area (Å²) in [6.07, 6.45) is 5.07. The van der Waals surface area contributed by atoms with Crippen molar-refractivity contribution < 1.29 is 4.79 Å². The number of anilines is 1. The van der Waals surface area contributed by atoms with Gasteiger partial charge in [0, 0.05) is 28.0 Å². The summed E-state index contributed by atoms with van der Waals surface area (Å²) in [7, 11) is 0. The monoisotopic (exact) mass is 363 g/mol. The number of carbonyl (C=O) groups excluding carboxylic acids is 1. The van der Waals surface area contributed by atoms with E-state index in [1.807, 2.05) is 13.0 Å². The topological polar surface area (TPSA) is 64.7 Å². The van der Waals surface area contributed by atoms with Crippen LogP contribution in [0.25, 0.3) is 0 Å². The second-order valence-electron chi connectivity index (χ2n) is 5.33. The summed E-state index contributed by atoms with van der Waals surface area (Å²) in [5, 5.41) is 12.3. The lowest BCUT2D eigenvalue weighted by atomic mass is 10.2. The highest BCUT2D eigenvalue weighted by Gasteiger charge is 2.09. The molecule has 0 unspecified atom stereocenters. The molecule has 0 bridgehead atoms. The number of aromatic nitrogens is 4. The Labute approximate surface area is 149 Å². The third-order valence-corrected chi connectivity index (χ3v) is 4.09. The second-order valence-corrected chi connectivity index (χ2v) is 6.14. The van der Waals surface area contributed by atoms with Crippen LogP contribution in [0, 0.1) is 6.92 Å². The first-order valence-corrected chi connectivity index (χ1v) is 8.02. The molecule has 0 aliphatic rings. The van der Waals surface area contributed by atoms with Gasteiger partial charge in [-0.3, -0.25) is 14.2 Å². The highest BCUT2D eigenvalue weighted by molar-refractivity contribution is 6.35. The Bertz CT molecular complexity index is 851. The van der Waals surface area contributed by atoms with Gasteiger partial charge in [-0.15, -0.1) is 0 Å². The third-order valence-electron chi connectivity index (χ3n) is 3.38. The van der Waals surface area contributed by atoms with Crippen molar-refractivity contribution in [1.29, 1.82) is 0 Å². The van der Waals surface area contributed by atoms with E-state index < -0.39 is 0 Å². The summed E-state index contributed by atoms with van der Waals surface area (Å²) in [5.41, 5.74) is 2.26. The van der Waals surface area contributed by atoms with E-state index in [1.165, 1.54) is 0 Å². The maximum Gasteiger partial charge on any atom is 0.246 e. The molecule has 6 nitrogen and oxygen atoms in total. The molecule has 24 heavy (non-hydrogen) atoms. The Morgan fingerprint density at radius 2 is 1.96 bits per heavy atom. The van der Waals surface area contributed by atoms with Crippen LogP contribution >= 0.6 is 23.2 Å². The predicted molar refractivity (Wildman–Crippen MR) is 93.4 cm³/mol. The van der Waals surface area contributed by atoms with Crippen molar-refractivity contribution in [2.75, 3.05) is 5.32 Å². The molecule has 124 valence electrons. The van der Waals surface area contributed by atoms with Gasteiger partial charge in [-0.25, -0.2) is 0 Å². The minimum Gasteiger partial charge on any atom is -0.322 e.